The van der Waals surface area contributed by atoms with Crippen LogP contribution in [0.2, 0.25) is 0 Å². The second-order valence-corrected chi connectivity index (χ2v) is 10.5. The minimum absolute atomic E-state index is 0.0458. The summed E-state index contributed by atoms with van der Waals surface area (Å²) in [5.41, 5.74) is 2.09. The van der Waals surface area contributed by atoms with Crippen molar-refractivity contribution in [3.8, 4) is 5.75 Å². The highest BCUT2D eigenvalue weighted by molar-refractivity contribution is 5.99. The molecule has 0 saturated carbocycles. The average Bonchev–Trinajstić information content (AvgIpc) is 3.35. The molecule has 8 nitrogen and oxygen atoms in total. The summed E-state index contributed by atoms with van der Waals surface area (Å²) in [7, 11) is 1.57. The summed E-state index contributed by atoms with van der Waals surface area (Å²) in [5.74, 6) is 0.0351. The van der Waals surface area contributed by atoms with Crippen LogP contribution in [-0.2, 0) is 9.53 Å². The van der Waals surface area contributed by atoms with Gasteiger partial charge in [0.05, 0.1) is 19.8 Å². The molecule has 208 valence electrons. The van der Waals surface area contributed by atoms with Gasteiger partial charge in [-0.2, -0.15) is 0 Å². The van der Waals surface area contributed by atoms with Crippen molar-refractivity contribution in [1.29, 1.82) is 0 Å². The van der Waals surface area contributed by atoms with E-state index in [1.54, 1.807) is 41.2 Å². The summed E-state index contributed by atoms with van der Waals surface area (Å²) < 4.78 is 11.6. The molecule has 0 unspecified atom stereocenters. The van der Waals surface area contributed by atoms with Gasteiger partial charge < -0.3 is 19.7 Å². The van der Waals surface area contributed by atoms with Crippen molar-refractivity contribution in [3.05, 3.63) is 101 Å². The number of nitrogens with one attached hydrogen (secondary N) is 1. The Morgan fingerprint density at radius 1 is 0.925 bits per heavy atom. The van der Waals surface area contributed by atoms with E-state index in [-0.39, 0.29) is 30.4 Å². The lowest BCUT2D eigenvalue weighted by molar-refractivity contribution is -0.128. The van der Waals surface area contributed by atoms with Crippen LogP contribution in [0.15, 0.2) is 78.9 Å². The van der Waals surface area contributed by atoms with E-state index in [2.05, 4.69) is 5.32 Å². The van der Waals surface area contributed by atoms with E-state index in [1.165, 1.54) is 0 Å². The van der Waals surface area contributed by atoms with E-state index in [4.69, 9.17) is 9.47 Å². The number of ether oxygens (including phenoxy) is 2. The summed E-state index contributed by atoms with van der Waals surface area (Å²) in [5, 5.41) is 3.07. The lowest BCUT2D eigenvalue weighted by Gasteiger charge is -2.44. The number of rotatable bonds is 6. The molecule has 5 rings (SSSR count). The Morgan fingerprint density at radius 2 is 1.62 bits per heavy atom. The first-order chi connectivity index (χ1) is 19.3. The van der Waals surface area contributed by atoms with Crippen molar-refractivity contribution in [2.75, 3.05) is 26.8 Å². The zero-order valence-corrected chi connectivity index (χ0v) is 23.1. The molecule has 2 atom stereocenters. The average molecular weight is 542 g/mol. The number of carbonyl (C=O) groups excluding carboxylic acids is 3. The van der Waals surface area contributed by atoms with Crippen molar-refractivity contribution in [3.63, 3.8) is 0 Å². The van der Waals surface area contributed by atoms with E-state index >= 15 is 0 Å². The molecule has 2 fully saturated rings. The number of likely N-dealkylation sites (tertiary alicyclic amines) is 1. The zero-order chi connectivity index (χ0) is 28.3. The molecule has 3 aromatic carbocycles. The molecule has 2 aliphatic heterocycles. The van der Waals surface area contributed by atoms with Crippen molar-refractivity contribution < 1.29 is 23.9 Å². The summed E-state index contributed by atoms with van der Waals surface area (Å²) in [6.45, 7) is 4.79. The lowest BCUT2D eigenvalue weighted by atomic mass is 9.95. The molecule has 3 amide bonds. The van der Waals surface area contributed by atoms with E-state index in [0.29, 0.717) is 42.8 Å². The molecule has 0 aromatic heterocycles. The minimum Gasteiger partial charge on any atom is -0.497 e. The standard InChI is InChI=1S/C32H35N3O5/c1-22-8-7-11-26(20-22)30(37)34-18-16-32(17-19-34)35(31(38)25-12-14-27(39-3)15-13-25)28(21-40-32)29(36)33-23(2)24-9-5-4-6-10-24/h4-15,20,23,28H,16-19,21H2,1-3H3,(H,33,36)/t23-,28-/m0/s1. The van der Waals surface area contributed by atoms with Crippen LogP contribution in [0.25, 0.3) is 0 Å². The molecule has 0 aliphatic carbocycles. The summed E-state index contributed by atoms with van der Waals surface area (Å²) >= 11 is 0. The first-order valence-corrected chi connectivity index (χ1v) is 13.6. The molecule has 3 aromatic rings. The van der Waals surface area contributed by atoms with E-state index in [9.17, 15) is 14.4 Å². The smallest absolute Gasteiger partial charge is 0.256 e. The zero-order valence-electron chi connectivity index (χ0n) is 23.1. The normalized spacial score (nSPS) is 18.8. The van der Waals surface area contributed by atoms with Crippen molar-refractivity contribution in [2.45, 2.75) is 44.5 Å². The van der Waals surface area contributed by atoms with Gasteiger partial charge in [-0.3, -0.25) is 19.3 Å². The SMILES string of the molecule is COc1ccc(C(=O)N2[C@H](C(=O)N[C@@H](C)c3ccccc3)COC23CCN(C(=O)c2cccc(C)c2)CC3)cc1. The Kier molecular flexibility index (Phi) is 7.89. The summed E-state index contributed by atoms with van der Waals surface area (Å²) in [6, 6.07) is 23.0. The first kappa shape index (κ1) is 27.4. The first-order valence-electron chi connectivity index (χ1n) is 13.6. The Labute approximate surface area is 234 Å². The number of aryl methyl sites for hydroxylation is 1. The van der Waals surface area contributed by atoms with Gasteiger partial charge in [0.2, 0.25) is 5.91 Å². The molecular formula is C32H35N3O5. The monoisotopic (exact) mass is 541 g/mol. The number of benzene rings is 3. The Hall–Kier alpha value is -4.17. The van der Waals surface area contributed by atoms with Crippen LogP contribution < -0.4 is 10.1 Å². The topological polar surface area (TPSA) is 88.2 Å². The predicted molar refractivity (Wildman–Crippen MR) is 151 cm³/mol. The van der Waals surface area contributed by atoms with Gasteiger partial charge in [0.15, 0.2) is 0 Å². The van der Waals surface area contributed by atoms with Crippen LogP contribution in [0.1, 0.15) is 57.7 Å². The number of nitrogens with zero attached hydrogens (tertiary/aromatic N) is 2. The van der Waals surface area contributed by atoms with Crippen molar-refractivity contribution in [2.24, 2.45) is 0 Å². The maximum absolute atomic E-state index is 14.0. The maximum Gasteiger partial charge on any atom is 0.256 e. The quantitative estimate of drug-likeness (QED) is 0.501. The van der Waals surface area contributed by atoms with Crippen LogP contribution in [0.3, 0.4) is 0 Å². The van der Waals surface area contributed by atoms with E-state index in [1.807, 2.05) is 68.4 Å². The van der Waals surface area contributed by atoms with Gasteiger partial charge in [-0.05, 0) is 55.8 Å². The predicted octanol–water partition coefficient (Wildman–Crippen LogP) is 4.35. The molecule has 1 spiro atoms. The highest BCUT2D eigenvalue weighted by Crippen LogP contribution is 2.39. The molecule has 2 aliphatic rings. The van der Waals surface area contributed by atoms with Crippen molar-refractivity contribution in [1.82, 2.24) is 15.1 Å². The fraction of sp³-hybridized carbons (Fsp3) is 0.344. The van der Waals surface area contributed by atoms with Gasteiger partial charge in [0, 0.05) is 37.1 Å². The van der Waals surface area contributed by atoms with Gasteiger partial charge in [-0.1, -0.05) is 48.0 Å². The Balaban J connectivity index is 1.38. The van der Waals surface area contributed by atoms with Crippen LogP contribution in [0.4, 0.5) is 0 Å². The molecule has 2 saturated heterocycles. The summed E-state index contributed by atoms with van der Waals surface area (Å²) in [4.78, 5) is 44.2. The Morgan fingerprint density at radius 3 is 2.27 bits per heavy atom. The fourth-order valence-corrected chi connectivity index (χ4v) is 5.59. The number of hydrogen-bond donors (Lipinski definition) is 1. The number of methoxy groups -OCH3 is 1. The summed E-state index contributed by atoms with van der Waals surface area (Å²) in [6.07, 6.45) is 0.814. The maximum atomic E-state index is 14.0. The molecule has 0 bridgehead atoms. The number of carbonyl (C=O) groups is 3. The highest BCUT2D eigenvalue weighted by atomic mass is 16.5. The van der Waals surface area contributed by atoms with Gasteiger partial charge in [0.25, 0.3) is 11.8 Å². The molecule has 1 N–H and O–H groups in total. The van der Waals surface area contributed by atoms with E-state index in [0.717, 1.165) is 11.1 Å². The van der Waals surface area contributed by atoms with Gasteiger partial charge in [-0.15, -0.1) is 0 Å². The lowest BCUT2D eigenvalue weighted by Crippen LogP contribution is -2.60. The second-order valence-electron chi connectivity index (χ2n) is 10.5. The number of piperidine rings is 1. The van der Waals surface area contributed by atoms with Gasteiger partial charge in [0.1, 0.15) is 17.5 Å². The van der Waals surface area contributed by atoms with Crippen LogP contribution in [0, 0.1) is 6.92 Å². The minimum atomic E-state index is -0.988. The van der Waals surface area contributed by atoms with Crippen molar-refractivity contribution >= 4 is 17.7 Å². The largest absolute Gasteiger partial charge is 0.497 e. The number of amides is 3. The van der Waals surface area contributed by atoms with Crippen LogP contribution >= 0.6 is 0 Å². The third-order valence-electron chi connectivity index (χ3n) is 7.87. The third kappa shape index (κ3) is 5.45. The number of hydrogen-bond acceptors (Lipinski definition) is 5. The van der Waals surface area contributed by atoms with Crippen LogP contribution in [-0.4, -0.2) is 66.1 Å². The second kappa shape index (κ2) is 11.5. The molecular weight excluding hydrogens is 506 g/mol. The fourth-order valence-electron chi connectivity index (χ4n) is 5.59. The Bertz CT molecular complexity index is 1370. The van der Waals surface area contributed by atoms with Crippen LogP contribution in [0.5, 0.6) is 5.75 Å². The highest BCUT2D eigenvalue weighted by Gasteiger charge is 2.54. The van der Waals surface area contributed by atoms with E-state index < -0.39 is 11.8 Å². The molecule has 2 heterocycles. The molecule has 8 heteroatoms. The third-order valence-corrected chi connectivity index (χ3v) is 7.87. The van der Waals surface area contributed by atoms with Gasteiger partial charge >= 0.3 is 0 Å². The molecule has 40 heavy (non-hydrogen) atoms. The molecule has 0 radical (unpaired) electrons. The van der Waals surface area contributed by atoms with Gasteiger partial charge in [-0.25, -0.2) is 0 Å².